The van der Waals surface area contributed by atoms with Gasteiger partial charge in [-0.15, -0.1) is 0 Å². The van der Waals surface area contributed by atoms with Gasteiger partial charge in [0.15, 0.2) is 14.1 Å². The molecular formula is C28H36N2O7Si. The van der Waals surface area contributed by atoms with Crippen LogP contribution in [0.4, 0.5) is 0 Å². The topological polar surface area (TPSA) is 145 Å². The first-order valence-electron chi connectivity index (χ1n) is 12.7. The zero-order valence-electron chi connectivity index (χ0n) is 22.0. The van der Waals surface area contributed by atoms with E-state index in [0.29, 0.717) is 0 Å². The number of aliphatic hydroxyl groups is 4. The van der Waals surface area contributed by atoms with E-state index in [-0.39, 0.29) is 12.0 Å². The van der Waals surface area contributed by atoms with Gasteiger partial charge in [0, 0.05) is 24.8 Å². The lowest BCUT2D eigenvalue weighted by Crippen LogP contribution is -2.74. The summed E-state index contributed by atoms with van der Waals surface area (Å²) in [6.45, 7) is 6.33. The first-order chi connectivity index (χ1) is 17.9. The van der Waals surface area contributed by atoms with E-state index in [2.05, 4.69) is 4.98 Å². The van der Waals surface area contributed by atoms with Crippen molar-refractivity contribution in [2.45, 2.75) is 63.4 Å². The number of rotatable bonds is 7. The van der Waals surface area contributed by atoms with Gasteiger partial charge in [-0.1, -0.05) is 91.8 Å². The van der Waals surface area contributed by atoms with Crippen LogP contribution in [-0.2, 0) is 10.1 Å². The molecule has 0 saturated carbocycles. The van der Waals surface area contributed by atoms with Crippen molar-refractivity contribution in [3.8, 4) is 0 Å². The van der Waals surface area contributed by atoms with Gasteiger partial charge in [-0.05, 0) is 12.3 Å². The van der Waals surface area contributed by atoms with Gasteiger partial charge >= 0.3 is 5.69 Å². The van der Waals surface area contributed by atoms with Crippen molar-refractivity contribution in [3.63, 3.8) is 0 Å². The van der Waals surface area contributed by atoms with Crippen LogP contribution < -0.4 is 21.6 Å². The summed E-state index contributed by atoms with van der Waals surface area (Å²) >= 11 is 0. The predicted octanol–water partition coefficient (Wildman–Crippen LogP) is -0.641. The van der Waals surface area contributed by atoms with Crippen molar-refractivity contribution in [2.75, 3.05) is 6.61 Å². The molecule has 204 valence electrons. The second-order valence-corrected chi connectivity index (χ2v) is 14.1. The molecule has 38 heavy (non-hydrogen) atoms. The number of aliphatic hydroxyl groups excluding tert-OH is 3. The summed E-state index contributed by atoms with van der Waals surface area (Å²) < 4.78 is 7.85. The second-order valence-electron chi connectivity index (χ2n) is 11.1. The van der Waals surface area contributed by atoms with Crippen LogP contribution in [0.25, 0.3) is 0 Å². The lowest BCUT2D eigenvalue weighted by molar-refractivity contribution is -0.162. The Morgan fingerprint density at radius 3 is 2.05 bits per heavy atom. The first kappa shape index (κ1) is 28.2. The number of nitrogens with one attached hydrogen (secondary N) is 1. The fourth-order valence-electron chi connectivity index (χ4n) is 5.56. The number of H-pyrrole nitrogens is 1. The molecule has 1 saturated heterocycles. The van der Waals surface area contributed by atoms with Crippen LogP contribution in [0.3, 0.4) is 0 Å². The van der Waals surface area contributed by atoms with E-state index in [4.69, 9.17) is 4.74 Å². The highest BCUT2D eigenvalue weighted by Crippen LogP contribution is 2.49. The molecule has 1 aliphatic heterocycles. The van der Waals surface area contributed by atoms with Crippen LogP contribution in [0.2, 0.25) is 0 Å². The molecule has 4 rings (SSSR count). The summed E-state index contributed by atoms with van der Waals surface area (Å²) in [7, 11) is -2.97. The van der Waals surface area contributed by atoms with Crippen LogP contribution in [0.15, 0.2) is 76.4 Å². The SMILES string of the molecule is Cc1cn([C@]2([SiH](c3ccccc3)c3ccccc3)O[C@H](C(O)C(C)(C)C)[C@@H](O)[C@]2(O)CCO)c(=O)[nH]c1=O. The summed E-state index contributed by atoms with van der Waals surface area (Å²) in [6, 6.07) is 18.5. The zero-order valence-corrected chi connectivity index (χ0v) is 23.2. The normalized spacial score (nSPS) is 26.6. The Morgan fingerprint density at radius 1 is 1.05 bits per heavy atom. The van der Waals surface area contributed by atoms with E-state index >= 15 is 0 Å². The molecule has 3 aromatic rings. The van der Waals surface area contributed by atoms with Crippen molar-refractivity contribution in [1.82, 2.24) is 9.55 Å². The third-order valence-corrected chi connectivity index (χ3v) is 11.4. The van der Waals surface area contributed by atoms with Crippen molar-refractivity contribution in [2.24, 2.45) is 5.41 Å². The second kappa shape index (κ2) is 10.4. The molecule has 1 aliphatic rings. The summed E-state index contributed by atoms with van der Waals surface area (Å²) in [5.41, 5.74) is -4.21. The average molecular weight is 541 g/mol. The maximum Gasteiger partial charge on any atom is 0.330 e. The summed E-state index contributed by atoms with van der Waals surface area (Å²) in [6.07, 6.45) is -3.26. The fourth-order valence-corrected chi connectivity index (χ4v) is 9.64. The van der Waals surface area contributed by atoms with Gasteiger partial charge in [0.2, 0.25) is 0 Å². The van der Waals surface area contributed by atoms with E-state index in [1.807, 2.05) is 60.7 Å². The number of aromatic nitrogens is 2. The smallest absolute Gasteiger partial charge is 0.330 e. The zero-order chi connectivity index (χ0) is 27.9. The quantitative estimate of drug-likeness (QED) is 0.251. The Morgan fingerprint density at radius 2 is 1.58 bits per heavy atom. The Balaban J connectivity index is 2.17. The lowest BCUT2D eigenvalue weighted by Gasteiger charge is -2.47. The molecule has 2 heterocycles. The third-order valence-electron chi connectivity index (χ3n) is 7.56. The van der Waals surface area contributed by atoms with Crippen molar-refractivity contribution < 1.29 is 25.2 Å². The van der Waals surface area contributed by atoms with Crippen molar-refractivity contribution in [3.05, 3.63) is 93.3 Å². The van der Waals surface area contributed by atoms with Crippen LogP contribution in [0, 0.1) is 12.3 Å². The largest absolute Gasteiger partial charge is 0.396 e. The number of ether oxygens (including phenoxy) is 1. The first-order valence-corrected chi connectivity index (χ1v) is 14.4. The van der Waals surface area contributed by atoms with Crippen LogP contribution in [0.5, 0.6) is 0 Å². The maximum atomic E-state index is 13.6. The van der Waals surface area contributed by atoms with Gasteiger partial charge < -0.3 is 25.2 Å². The molecule has 5 N–H and O–H groups in total. The highest BCUT2D eigenvalue weighted by molar-refractivity contribution is 6.86. The molecule has 0 radical (unpaired) electrons. The number of hydrogen-bond donors (Lipinski definition) is 5. The van der Waals surface area contributed by atoms with E-state index in [9.17, 15) is 30.0 Å². The third kappa shape index (κ3) is 4.51. The van der Waals surface area contributed by atoms with Crippen molar-refractivity contribution in [1.29, 1.82) is 0 Å². The van der Waals surface area contributed by atoms with Gasteiger partial charge in [-0.25, -0.2) is 4.79 Å². The molecule has 9 nitrogen and oxygen atoms in total. The van der Waals surface area contributed by atoms with Crippen LogP contribution >= 0.6 is 0 Å². The van der Waals surface area contributed by atoms with Crippen molar-refractivity contribution >= 4 is 19.2 Å². The molecule has 0 amide bonds. The number of aromatic amines is 1. The Bertz CT molecular complexity index is 1330. The van der Waals surface area contributed by atoms with Gasteiger partial charge in [0.25, 0.3) is 5.56 Å². The van der Waals surface area contributed by atoms with Crippen LogP contribution in [-0.4, -0.2) is 69.3 Å². The van der Waals surface area contributed by atoms with Gasteiger partial charge in [-0.3, -0.25) is 14.3 Å². The van der Waals surface area contributed by atoms with Gasteiger partial charge in [0.05, 0.1) is 6.10 Å². The number of hydrogen-bond acceptors (Lipinski definition) is 7. The molecule has 10 heteroatoms. The lowest BCUT2D eigenvalue weighted by atomic mass is 9.80. The monoisotopic (exact) mass is 540 g/mol. The Kier molecular flexibility index (Phi) is 7.68. The number of nitrogens with zero attached hydrogens (tertiary/aromatic N) is 1. The molecule has 0 spiro atoms. The van der Waals surface area contributed by atoms with E-state index < -0.39 is 61.3 Å². The molecule has 1 fully saturated rings. The number of aryl methyl sites for hydroxylation is 1. The Hall–Kier alpha value is -2.86. The van der Waals surface area contributed by atoms with E-state index in [1.54, 1.807) is 20.8 Å². The molecule has 1 aromatic heterocycles. The summed E-state index contributed by atoms with van der Waals surface area (Å²) in [5.74, 6) is 0. The Labute approximate surface area is 222 Å². The highest BCUT2D eigenvalue weighted by Gasteiger charge is 2.71. The highest BCUT2D eigenvalue weighted by atomic mass is 28.3. The molecule has 2 aromatic carbocycles. The molecule has 0 aliphatic carbocycles. The molecule has 1 unspecified atom stereocenters. The van der Waals surface area contributed by atoms with Gasteiger partial charge in [-0.2, -0.15) is 0 Å². The summed E-state index contributed by atoms with van der Waals surface area (Å²) in [4.78, 5) is 28.3. The van der Waals surface area contributed by atoms with Gasteiger partial charge in [0.1, 0.15) is 17.8 Å². The molecular weight excluding hydrogens is 504 g/mol. The average Bonchev–Trinajstić information content (AvgIpc) is 3.09. The maximum absolute atomic E-state index is 13.6. The minimum Gasteiger partial charge on any atom is -0.396 e. The minimum absolute atomic E-state index is 0.196. The molecule has 0 bridgehead atoms. The number of benzene rings is 2. The predicted molar refractivity (Wildman–Crippen MR) is 146 cm³/mol. The minimum atomic E-state index is -2.97. The summed E-state index contributed by atoms with van der Waals surface area (Å²) in [5, 5.41) is 45.3. The standard InChI is InChI=1S/C28H36N2O7Si/c1-18-17-30(25(35)29-24(18)34)28(38(19-11-7-5-8-12-19)20-13-9-6-10-14-20)27(36,15-16-31)23(33)21(37-28)22(32)26(2,3)4/h5-14,17,21-23,31-33,36,38H,15-16H2,1-4H3,(H,29,34,35)/t21-,22?,23-,27-,28+/m1/s1. The fraction of sp³-hybridized carbons (Fsp3) is 0.429. The van der Waals surface area contributed by atoms with Crippen LogP contribution in [0.1, 0.15) is 32.8 Å². The van der Waals surface area contributed by atoms with E-state index in [1.165, 1.54) is 13.1 Å². The van der Waals surface area contributed by atoms with E-state index in [0.717, 1.165) is 14.9 Å². The molecule has 5 atom stereocenters.